The highest BCUT2D eigenvalue weighted by Crippen LogP contribution is 2.27. The van der Waals surface area contributed by atoms with Crippen LogP contribution < -0.4 is 5.32 Å². The standard InChI is InChI=1S/C10H15NS/c1-8-6-10(12-7-8)9-4-2-3-5-11-9/h6-7,9,11H,2-5H2,1H3. The van der Waals surface area contributed by atoms with Gasteiger partial charge in [-0.3, -0.25) is 0 Å². The molecule has 0 aliphatic carbocycles. The molecule has 1 unspecified atom stereocenters. The Balaban J connectivity index is 2.08. The Morgan fingerprint density at radius 2 is 2.42 bits per heavy atom. The first-order chi connectivity index (χ1) is 5.86. The normalized spacial score (nSPS) is 24.2. The van der Waals surface area contributed by atoms with E-state index in [0.29, 0.717) is 6.04 Å². The van der Waals surface area contributed by atoms with E-state index in [-0.39, 0.29) is 0 Å². The van der Waals surface area contributed by atoms with Crippen molar-refractivity contribution in [2.24, 2.45) is 0 Å². The van der Waals surface area contributed by atoms with E-state index in [2.05, 4.69) is 23.7 Å². The molecule has 1 aromatic heterocycles. The lowest BCUT2D eigenvalue weighted by Gasteiger charge is -2.22. The summed E-state index contributed by atoms with van der Waals surface area (Å²) in [6.45, 7) is 3.37. The van der Waals surface area contributed by atoms with E-state index in [9.17, 15) is 0 Å². The first kappa shape index (κ1) is 8.27. The molecule has 1 aromatic rings. The summed E-state index contributed by atoms with van der Waals surface area (Å²) >= 11 is 1.89. The molecule has 1 fully saturated rings. The molecule has 0 bridgehead atoms. The lowest BCUT2D eigenvalue weighted by molar-refractivity contribution is 0.417. The quantitative estimate of drug-likeness (QED) is 0.702. The van der Waals surface area contributed by atoms with Crippen LogP contribution in [0.2, 0.25) is 0 Å². The molecule has 0 amide bonds. The molecule has 0 radical (unpaired) electrons. The molecule has 0 spiro atoms. The third-order valence-electron chi connectivity index (χ3n) is 2.40. The number of hydrogen-bond donors (Lipinski definition) is 1. The van der Waals surface area contributed by atoms with Gasteiger partial charge in [0, 0.05) is 10.9 Å². The molecule has 1 aliphatic rings. The zero-order valence-electron chi connectivity index (χ0n) is 7.47. The highest BCUT2D eigenvalue weighted by molar-refractivity contribution is 7.10. The third-order valence-corrected chi connectivity index (χ3v) is 3.57. The van der Waals surface area contributed by atoms with Gasteiger partial charge in [-0.05, 0) is 43.3 Å². The van der Waals surface area contributed by atoms with Crippen molar-refractivity contribution in [2.75, 3.05) is 6.54 Å². The van der Waals surface area contributed by atoms with E-state index >= 15 is 0 Å². The van der Waals surface area contributed by atoms with Crippen molar-refractivity contribution in [3.8, 4) is 0 Å². The Morgan fingerprint density at radius 1 is 1.50 bits per heavy atom. The average molecular weight is 181 g/mol. The van der Waals surface area contributed by atoms with Crippen molar-refractivity contribution in [2.45, 2.75) is 32.2 Å². The summed E-state index contributed by atoms with van der Waals surface area (Å²) in [6, 6.07) is 2.96. The number of aryl methyl sites for hydroxylation is 1. The maximum Gasteiger partial charge on any atom is 0.0414 e. The van der Waals surface area contributed by atoms with Gasteiger partial charge in [-0.25, -0.2) is 0 Å². The highest BCUT2D eigenvalue weighted by atomic mass is 32.1. The number of rotatable bonds is 1. The molecular weight excluding hydrogens is 166 g/mol. The fourth-order valence-electron chi connectivity index (χ4n) is 1.73. The molecule has 2 heterocycles. The molecule has 1 nitrogen and oxygen atoms in total. The van der Waals surface area contributed by atoms with Crippen LogP contribution in [0.15, 0.2) is 11.4 Å². The second-order valence-corrected chi connectivity index (χ2v) is 4.47. The van der Waals surface area contributed by atoms with Crippen LogP contribution in [0.1, 0.15) is 35.7 Å². The number of hydrogen-bond acceptors (Lipinski definition) is 2. The second-order valence-electron chi connectivity index (χ2n) is 3.53. The van der Waals surface area contributed by atoms with Crippen molar-refractivity contribution in [3.05, 3.63) is 21.9 Å². The predicted octanol–water partition coefficient (Wildman–Crippen LogP) is 2.87. The smallest absolute Gasteiger partial charge is 0.0414 e. The average Bonchev–Trinajstić information content (AvgIpc) is 2.54. The van der Waals surface area contributed by atoms with Gasteiger partial charge >= 0.3 is 0 Å². The minimum Gasteiger partial charge on any atom is -0.309 e. The molecule has 12 heavy (non-hydrogen) atoms. The van der Waals surface area contributed by atoms with Crippen LogP contribution >= 0.6 is 11.3 Å². The maximum atomic E-state index is 3.56. The zero-order valence-corrected chi connectivity index (χ0v) is 8.29. The Labute approximate surface area is 77.8 Å². The minimum atomic E-state index is 0.650. The summed E-state index contributed by atoms with van der Waals surface area (Å²) in [5.74, 6) is 0. The van der Waals surface area contributed by atoms with Gasteiger partial charge in [0.1, 0.15) is 0 Å². The molecular formula is C10H15NS. The van der Waals surface area contributed by atoms with Gasteiger partial charge in [0.2, 0.25) is 0 Å². The zero-order chi connectivity index (χ0) is 8.39. The van der Waals surface area contributed by atoms with Crippen molar-refractivity contribution >= 4 is 11.3 Å². The van der Waals surface area contributed by atoms with Crippen LogP contribution in [0.4, 0.5) is 0 Å². The van der Waals surface area contributed by atoms with E-state index in [4.69, 9.17) is 0 Å². The first-order valence-electron chi connectivity index (χ1n) is 4.65. The van der Waals surface area contributed by atoms with Crippen LogP contribution in [-0.4, -0.2) is 6.54 Å². The van der Waals surface area contributed by atoms with Gasteiger partial charge in [0.15, 0.2) is 0 Å². The summed E-state index contributed by atoms with van der Waals surface area (Å²) in [5.41, 5.74) is 1.40. The largest absolute Gasteiger partial charge is 0.309 e. The predicted molar refractivity (Wildman–Crippen MR) is 53.7 cm³/mol. The van der Waals surface area contributed by atoms with Gasteiger partial charge in [-0.2, -0.15) is 0 Å². The maximum absolute atomic E-state index is 3.56. The van der Waals surface area contributed by atoms with Crippen molar-refractivity contribution in [1.29, 1.82) is 0 Å². The second kappa shape index (κ2) is 3.58. The molecule has 0 aromatic carbocycles. The first-order valence-corrected chi connectivity index (χ1v) is 5.52. The van der Waals surface area contributed by atoms with Crippen molar-refractivity contribution in [1.82, 2.24) is 5.32 Å². The van der Waals surface area contributed by atoms with Crippen LogP contribution in [0.5, 0.6) is 0 Å². The van der Waals surface area contributed by atoms with Crippen LogP contribution in [0, 0.1) is 6.92 Å². The summed E-state index contributed by atoms with van der Waals surface area (Å²) in [4.78, 5) is 1.52. The monoisotopic (exact) mass is 181 g/mol. The molecule has 1 N–H and O–H groups in total. The Hall–Kier alpha value is -0.340. The van der Waals surface area contributed by atoms with Gasteiger partial charge in [-0.15, -0.1) is 11.3 Å². The molecule has 1 saturated heterocycles. The number of nitrogens with one attached hydrogen (secondary N) is 1. The Kier molecular flexibility index (Phi) is 2.47. The molecule has 66 valence electrons. The van der Waals surface area contributed by atoms with Gasteiger partial charge in [0.25, 0.3) is 0 Å². The van der Waals surface area contributed by atoms with E-state index < -0.39 is 0 Å². The third kappa shape index (κ3) is 1.70. The fourth-order valence-corrected chi connectivity index (χ4v) is 2.74. The Morgan fingerprint density at radius 3 is 3.00 bits per heavy atom. The fraction of sp³-hybridized carbons (Fsp3) is 0.600. The molecule has 1 aliphatic heterocycles. The SMILES string of the molecule is Cc1csc(C2CCCCN2)c1. The summed E-state index contributed by atoms with van der Waals surface area (Å²) in [6.07, 6.45) is 4.05. The summed E-state index contributed by atoms with van der Waals surface area (Å²) in [5, 5.41) is 5.80. The number of thiophene rings is 1. The molecule has 1 atom stereocenters. The van der Waals surface area contributed by atoms with E-state index in [1.165, 1.54) is 36.2 Å². The van der Waals surface area contributed by atoms with Gasteiger partial charge in [0.05, 0.1) is 0 Å². The van der Waals surface area contributed by atoms with Gasteiger partial charge < -0.3 is 5.32 Å². The van der Waals surface area contributed by atoms with Crippen LogP contribution in [-0.2, 0) is 0 Å². The van der Waals surface area contributed by atoms with Crippen LogP contribution in [0.3, 0.4) is 0 Å². The van der Waals surface area contributed by atoms with Crippen molar-refractivity contribution < 1.29 is 0 Å². The van der Waals surface area contributed by atoms with E-state index in [0.717, 1.165) is 0 Å². The Bertz CT molecular complexity index is 248. The van der Waals surface area contributed by atoms with Gasteiger partial charge in [-0.1, -0.05) is 6.42 Å². The van der Waals surface area contributed by atoms with E-state index in [1.807, 2.05) is 11.3 Å². The minimum absolute atomic E-state index is 0.650. The molecule has 2 heteroatoms. The summed E-state index contributed by atoms with van der Waals surface area (Å²) < 4.78 is 0. The highest BCUT2D eigenvalue weighted by Gasteiger charge is 2.15. The van der Waals surface area contributed by atoms with Crippen molar-refractivity contribution in [3.63, 3.8) is 0 Å². The topological polar surface area (TPSA) is 12.0 Å². The number of piperidine rings is 1. The summed E-state index contributed by atoms with van der Waals surface area (Å²) in [7, 11) is 0. The molecule has 0 saturated carbocycles. The van der Waals surface area contributed by atoms with Crippen LogP contribution in [0.25, 0.3) is 0 Å². The lowest BCUT2D eigenvalue weighted by atomic mass is 10.0. The molecule has 2 rings (SSSR count). The lowest BCUT2D eigenvalue weighted by Crippen LogP contribution is -2.25. The van der Waals surface area contributed by atoms with E-state index in [1.54, 1.807) is 0 Å².